The van der Waals surface area contributed by atoms with E-state index in [-0.39, 0.29) is 25.4 Å². The van der Waals surface area contributed by atoms with E-state index in [4.69, 9.17) is 4.74 Å². The molecule has 1 aromatic rings. The normalized spacial score (nSPS) is 17.2. The van der Waals surface area contributed by atoms with Crippen LogP contribution < -0.4 is 10.0 Å². The quantitative estimate of drug-likeness (QED) is 0.334. The molecule has 0 aromatic heterocycles. The van der Waals surface area contributed by atoms with Crippen LogP contribution in [-0.2, 0) is 19.6 Å². The molecule has 0 saturated carbocycles. The van der Waals surface area contributed by atoms with Gasteiger partial charge in [0.2, 0.25) is 10.0 Å². The molecule has 2 N–H and O–H groups in total. The molecule has 158 valence electrons. The van der Waals surface area contributed by atoms with Gasteiger partial charge in [-0.25, -0.2) is 12.8 Å². The third kappa shape index (κ3) is 6.38. The van der Waals surface area contributed by atoms with E-state index in [2.05, 4.69) is 14.6 Å². The van der Waals surface area contributed by atoms with Gasteiger partial charge in [-0.15, -0.1) is 17.3 Å². The van der Waals surface area contributed by atoms with Gasteiger partial charge in [-0.05, 0) is 51.4 Å². The first-order valence-electron chi connectivity index (χ1n) is 8.48. The molecule has 1 aliphatic heterocycles. The van der Waals surface area contributed by atoms with Crippen molar-refractivity contribution >= 4 is 40.3 Å². The molecule has 1 heterocycles. The van der Waals surface area contributed by atoms with E-state index in [1.165, 1.54) is 12.1 Å². The maximum atomic E-state index is 13.9. The molecule has 1 aromatic carbocycles. The van der Waals surface area contributed by atoms with Crippen LogP contribution in [0.3, 0.4) is 0 Å². The summed E-state index contributed by atoms with van der Waals surface area (Å²) in [6.07, 6.45) is 1.07. The standard InChI is InChI=1S/C16H22FN3O5S2.ClH/c1-2-25-15(21)13(11-16(26-20-22)7-9-18-10-8-16)19-27(23,24)14-6-4-3-5-12(14)17;/h3-6,13,18-19H,2,7-11H2,1H3;1H. The van der Waals surface area contributed by atoms with E-state index in [0.29, 0.717) is 25.9 Å². The number of nitrogens with one attached hydrogen (secondary N) is 2. The van der Waals surface area contributed by atoms with Crippen LogP contribution in [0.15, 0.2) is 33.7 Å². The van der Waals surface area contributed by atoms with Crippen molar-refractivity contribution in [3.63, 3.8) is 0 Å². The number of piperidine rings is 1. The van der Waals surface area contributed by atoms with E-state index < -0.39 is 37.5 Å². The van der Waals surface area contributed by atoms with Crippen molar-refractivity contribution in [2.24, 2.45) is 4.58 Å². The van der Waals surface area contributed by atoms with Crippen molar-refractivity contribution < 1.29 is 22.3 Å². The SMILES string of the molecule is CCOC(=O)C(CC1(SN=O)CCNCC1)NS(=O)(=O)c1ccccc1F.Cl. The number of hydrogen-bond acceptors (Lipinski definition) is 8. The molecule has 0 amide bonds. The second-order valence-corrected chi connectivity index (χ2v) is 9.04. The lowest BCUT2D eigenvalue weighted by atomic mass is 9.90. The minimum atomic E-state index is -4.31. The van der Waals surface area contributed by atoms with Crippen LogP contribution in [0.5, 0.6) is 0 Å². The summed E-state index contributed by atoms with van der Waals surface area (Å²) >= 11 is 0.801. The van der Waals surface area contributed by atoms with Gasteiger partial charge >= 0.3 is 5.97 Å². The van der Waals surface area contributed by atoms with Gasteiger partial charge in [-0.3, -0.25) is 4.79 Å². The number of sulfonamides is 1. The summed E-state index contributed by atoms with van der Waals surface area (Å²) in [4.78, 5) is 22.7. The largest absolute Gasteiger partial charge is 0.465 e. The first-order valence-corrected chi connectivity index (χ1v) is 10.7. The summed E-state index contributed by atoms with van der Waals surface area (Å²) in [6, 6.07) is 3.63. The molecule has 1 saturated heterocycles. The molecule has 0 bridgehead atoms. The number of esters is 1. The van der Waals surface area contributed by atoms with E-state index >= 15 is 0 Å². The van der Waals surface area contributed by atoms with Crippen molar-refractivity contribution in [1.82, 2.24) is 10.0 Å². The van der Waals surface area contributed by atoms with Crippen LogP contribution in [0, 0.1) is 10.7 Å². The number of rotatable bonds is 9. The lowest BCUT2D eigenvalue weighted by molar-refractivity contribution is -0.145. The van der Waals surface area contributed by atoms with Crippen molar-refractivity contribution in [1.29, 1.82) is 0 Å². The summed E-state index contributed by atoms with van der Waals surface area (Å²) in [6.45, 7) is 2.88. The summed E-state index contributed by atoms with van der Waals surface area (Å²) < 4.78 is 48.6. The van der Waals surface area contributed by atoms with E-state index in [0.717, 1.165) is 24.1 Å². The Morgan fingerprint density at radius 3 is 2.61 bits per heavy atom. The highest BCUT2D eigenvalue weighted by Crippen LogP contribution is 2.39. The lowest BCUT2D eigenvalue weighted by Gasteiger charge is -2.36. The average molecular weight is 456 g/mol. The molecule has 0 aliphatic carbocycles. The van der Waals surface area contributed by atoms with Gasteiger partial charge in [-0.2, -0.15) is 4.72 Å². The zero-order valence-corrected chi connectivity index (χ0v) is 17.7. The van der Waals surface area contributed by atoms with E-state index in [1.54, 1.807) is 6.92 Å². The first kappa shape index (κ1) is 24.8. The van der Waals surface area contributed by atoms with Crippen LogP contribution in [0.25, 0.3) is 0 Å². The molecule has 12 heteroatoms. The minimum Gasteiger partial charge on any atom is -0.465 e. The molecule has 0 radical (unpaired) electrons. The second-order valence-electron chi connectivity index (χ2n) is 6.16. The molecule has 2 rings (SSSR count). The number of halogens is 2. The Balaban J connectivity index is 0.00000392. The highest BCUT2D eigenvalue weighted by Gasteiger charge is 2.41. The fourth-order valence-electron chi connectivity index (χ4n) is 3.00. The van der Waals surface area contributed by atoms with Gasteiger partial charge in [0.1, 0.15) is 16.8 Å². The Bertz CT molecular complexity index is 775. The third-order valence-corrected chi connectivity index (χ3v) is 6.86. The van der Waals surface area contributed by atoms with Crippen molar-refractivity contribution in [2.75, 3.05) is 19.7 Å². The Labute approximate surface area is 173 Å². The Hall–Kier alpha value is -1.27. The predicted octanol–water partition coefficient (Wildman–Crippen LogP) is 2.38. The molecule has 0 spiro atoms. The van der Waals surface area contributed by atoms with Crippen molar-refractivity contribution in [3.05, 3.63) is 35.0 Å². The highest BCUT2D eigenvalue weighted by atomic mass is 35.5. The number of nitrogens with zero attached hydrogens (tertiary/aromatic N) is 1. The van der Waals surface area contributed by atoms with Gasteiger partial charge in [0.05, 0.1) is 6.61 Å². The zero-order chi connectivity index (χ0) is 19.9. The number of ether oxygens (including phenoxy) is 1. The molecular formula is C16H23ClFN3O5S2. The maximum absolute atomic E-state index is 13.9. The Morgan fingerprint density at radius 1 is 1.39 bits per heavy atom. The number of carbonyl (C=O) groups is 1. The summed E-state index contributed by atoms with van der Waals surface area (Å²) in [5.74, 6) is -1.70. The molecule has 8 nitrogen and oxygen atoms in total. The summed E-state index contributed by atoms with van der Waals surface area (Å²) in [7, 11) is -4.31. The number of benzene rings is 1. The third-order valence-electron chi connectivity index (χ3n) is 4.32. The molecule has 1 aliphatic rings. The monoisotopic (exact) mass is 455 g/mol. The van der Waals surface area contributed by atoms with Gasteiger partial charge in [-0.1, -0.05) is 12.1 Å². The van der Waals surface area contributed by atoms with Gasteiger partial charge in [0.25, 0.3) is 0 Å². The second kappa shape index (κ2) is 11.1. The summed E-state index contributed by atoms with van der Waals surface area (Å²) in [5, 5.41) is 3.15. The Morgan fingerprint density at radius 2 is 2.04 bits per heavy atom. The van der Waals surface area contributed by atoms with Gasteiger partial charge < -0.3 is 10.1 Å². The highest BCUT2D eigenvalue weighted by molar-refractivity contribution is 7.99. The number of hydrogen-bond donors (Lipinski definition) is 2. The molecule has 28 heavy (non-hydrogen) atoms. The van der Waals surface area contributed by atoms with Crippen LogP contribution in [0.2, 0.25) is 0 Å². The van der Waals surface area contributed by atoms with Gasteiger partial charge in [0, 0.05) is 21.3 Å². The molecular weight excluding hydrogens is 433 g/mol. The number of nitroso groups, excluding NO2 is 1. The average Bonchev–Trinajstić information content (AvgIpc) is 2.62. The first-order chi connectivity index (χ1) is 12.8. The lowest BCUT2D eigenvalue weighted by Crippen LogP contribution is -2.49. The van der Waals surface area contributed by atoms with Gasteiger partial charge in [0.15, 0.2) is 0 Å². The fraction of sp³-hybridized carbons (Fsp3) is 0.562. The molecule has 1 atom stereocenters. The maximum Gasteiger partial charge on any atom is 0.324 e. The number of carbonyl (C=O) groups excluding carboxylic acids is 1. The van der Waals surface area contributed by atoms with E-state index in [1.807, 2.05) is 0 Å². The van der Waals surface area contributed by atoms with E-state index in [9.17, 15) is 22.5 Å². The fourth-order valence-corrected chi connectivity index (χ4v) is 5.05. The van der Waals surface area contributed by atoms with Crippen LogP contribution in [-0.4, -0.2) is 44.9 Å². The Kier molecular flexibility index (Phi) is 9.78. The zero-order valence-electron chi connectivity index (χ0n) is 15.2. The molecule has 1 fully saturated rings. The van der Waals surface area contributed by atoms with Crippen molar-refractivity contribution in [2.45, 2.75) is 41.9 Å². The van der Waals surface area contributed by atoms with Crippen LogP contribution in [0.4, 0.5) is 4.39 Å². The predicted molar refractivity (Wildman–Crippen MR) is 107 cm³/mol. The topological polar surface area (TPSA) is 114 Å². The minimum absolute atomic E-state index is 0. The summed E-state index contributed by atoms with van der Waals surface area (Å²) in [5.41, 5.74) is 0. The van der Waals surface area contributed by atoms with Crippen molar-refractivity contribution in [3.8, 4) is 0 Å². The van der Waals surface area contributed by atoms with Crippen LogP contribution in [0.1, 0.15) is 26.2 Å². The smallest absolute Gasteiger partial charge is 0.324 e. The van der Waals surface area contributed by atoms with Crippen LogP contribution >= 0.6 is 24.4 Å². The molecule has 1 unspecified atom stereocenters.